The zero-order valence-electron chi connectivity index (χ0n) is 17.4. The number of hydrogen-bond acceptors (Lipinski definition) is 7. The highest BCUT2D eigenvalue weighted by Crippen LogP contribution is 2.28. The van der Waals surface area contributed by atoms with Gasteiger partial charge in [0.15, 0.2) is 18.1 Å². The van der Waals surface area contributed by atoms with Crippen molar-refractivity contribution in [1.82, 2.24) is 5.43 Å². The van der Waals surface area contributed by atoms with E-state index in [0.29, 0.717) is 17.1 Å². The van der Waals surface area contributed by atoms with Gasteiger partial charge in [0.25, 0.3) is 5.91 Å². The largest absolute Gasteiger partial charge is 0.493 e. The lowest BCUT2D eigenvalue weighted by Crippen LogP contribution is -2.24. The van der Waals surface area contributed by atoms with Crippen molar-refractivity contribution in [2.45, 2.75) is 13.8 Å². The number of ether oxygens (including phenoxy) is 3. The van der Waals surface area contributed by atoms with Crippen LogP contribution >= 0.6 is 0 Å². The highest BCUT2D eigenvalue weighted by atomic mass is 16.6. The average molecular weight is 422 g/mol. The Morgan fingerprint density at radius 1 is 1.06 bits per heavy atom. The maximum Gasteiger partial charge on any atom is 0.379 e. The molecule has 160 valence electrons. The molecule has 0 aliphatic rings. The van der Waals surface area contributed by atoms with E-state index in [4.69, 9.17) is 18.6 Å². The Hall–Kier alpha value is -4.07. The number of carbonyl (C=O) groups is 2. The predicted octanol–water partition coefficient (Wildman–Crippen LogP) is 3.65. The van der Waals surface area contributed by atoms with Crippen molar-refractivity contribution in [3.05, 3.63) is 77.2 Å². The van der Waals surface area contributed by atoms with Crippen molar-refractivity contribution < 1.29 is 28.2 Å². The van der Waals surface area contributed by atoms with Gasteiger partial charge in [-0.05, 0) is 61.4 Å². The molecule has 0 spiro atoms. The topological polar surface area (TPSA) is 99.4 Å². The first kappa shape index (κ1) is 21.6. The molecule has 1 heterocycles. The third-order valence-corrected chi connectivity index (χ3v) is 4.20. The van der Waals surface area contributed by atoms with Gasteiger partial charge in [0.05, 0.1) is 19.6 Å². The van der Waals surface area contributed by atoms with Crippen molar-refractivity contribution in [2.75, 3.05) is 13.7 Å². The Kier molecular flexibility index (Phi) is 7.05. The van der Waals surface area contributed by atoms with Crippen LogP contribution in [0.15, 0.2) is 64.3 Å². The quantitative estimate of drug-likeness (QED) is 0.257. The minimum atomic E-state index is -0.638. The number of furan rings is 1. The summed E-state index contributed by atoms with van der Waals surface area (Å²) >= 11 is 0. The van der Waals surface area contributed by atoms with E-state index in [0.717, 1.165) is 11.1 Å². The van der Waals surface area contributed by atoms with Crippen LogP contribution in [0.4, 0.5) is 0 Å². The summed E-state index contributed by atoms with van der Waals surface area (Å²) in [5, 5.41) is 3.91. The highest BCUT2D eigenvalue weighted by molar-refractivity contribution is 5.89. The molecule has 8 heteroatoms. The third-order valence-electron chi connectivity index (χ3n) is 4.20. The van der Waals surface area contributed by atoms with Gasteiger partial charge < -0.3 is 18.6 Å². The van der Waals surface area contributed by atoms with E-state index < -0.39 is 11.9 Å². The number of rotatable bonds is 8. The van der Waals surface area contributed by atoms with Gasteiger partial charge in [-0.1, -0.05) is 17.7 Å². The van der Waals surface area contributed by atoms with Crippen molar-refractivity contribution in [3.8, 4) is 17.2 Å². The lowest BCUT2D eigenvalue weighted by atomic mass is 10.1. The van der Waals surface area contributed by atoms with Gasteiger partial charge in [-0.15, -0.1) is 0 Å². The van der Waals surface area contributed by atoms with Gasteiger partial charge in [-0.2, -0.15) is 5.10 Å². The number of aryl methyl sites for hydroxylation is 2. The number of esters is 1. The van der Waals surface area contributed by atoms with Crippen LogP contribution in [-0.2, 0) is 4.79 Å². The summed E-state index contributed by atoms with van der Waals surface area (Å²) in [4.78, 5) is 24.0. The first-order chi connectivity index (χ1) is 15.0. The second kappa shape index (κ2) is 10.1. The molecule has 2 aromatic carbocycles. The number of nitrogens with zero attached hydrogens (tertiary/aromatic N) is 1. The van der Waals surface area contributed by atoms with E-state index in [9.17, 15) is 9.59 Å². The number of carbonyl (C=O) groups excluding carboxylic acids is 2. The van der Waals surface area contributed by atoms with Gasteiger partial charge in [-0.3, -0.25) is 4.79 Å². The van der Waals surface area contributed by atoms with Crippen LogP contribution in [0.3, 0.4) is 0 Å². The summed E-state index contributed by atoms with van der Waals surface area (Å²) in [7, 11) is 1.45. The van der Waals surface area contributed by atoms with Crippen molar-refractivity contribution in [1.29, 1.82) is 0 Å². The number of nitrogens with one attached hydrogen (secondary N) is 1. The molecule has 3 rings (SSSR count). The van der Waals surface area contributed by atoms with Gasteiger partial charge in [-0.25, -0.2) is 10.2 Å². The Morgan fingerprint density at radius 2 is 1.87 bits per heavy atom. The molecular weight excluding hydrogens is 400 g/mol. The number of methoxy groups -OCH3 is 1. The molecule has 1 amide bonds. The minimum absolute atomic E-state index is 0.0819. The Morgan fingerprint density at radius 3 is 2.58 bits per heavy atom. The highest BCUT2D eigenvalue weighted by Gasteiger charge is 2.15. The van der Waals surface area contributed by atoms with Crippen molar-refractivity contribution in [2.24, 2.45) is 5.10 Å². The zero-order valence-corrected chi connectivity index (χ0v) is 17.4. The van der Waals surface area contributed by atoms with Crippen LogP contribution in [0.5, 0.6) is 17.2 Å². The van der Waals surface area contributed by atoms with E-state index in [2.05, 4.69) is 10.5 Å². The fourth-order valence-electron chi connectivity index (χ4n) is 2.71. The zero-order chi connectivity index (χ0) is 22.2. The maximum absolute atomic E-state index is 12.0. The molecule has 0 saturated heterocycles. The fraction of sp³-hybridized carbons (Fsp3) is 0.174. The van der Waals surface area contributed by atoms with E-state index in [-0.39, 0.29) is 18.1 Å². The van der Waals surface area contributed by atoms with Crippen LogP contribution in [-0.4, -0.2) is 31.8 Å². The molecule has 0 aliphatic heterocycles. The van der Waals surface area contributed by atoms with Crippen LogP contribution in [0, 0.1) is 13.8 Å². The van der Waals surface area contributed by atoms with Crippen LogP contribution in [0.2, 0.25) is 0 Å². The van der Waals surface area contributed by atoms with Crippen molar-refractivity contribution in [3.63, 3.8) is 0 Å². The summed E-state index contributed by atoms with van der Waals surface area (Å²) in [5.41, 5.74) is 5.11. The molecule has 0 saturated carbocycles. The van der Waals surface area contributed by atoms with E-state index >= 15 is 0 Å². The first-order valence-electron chi connectivity index (χ1n) is 9.42. The van der Waals surface area contributed by atoms with Crippen molar-refractivity contribution >= 4 is 18.1 Å². The van der Waals surface area contributed by atoms with Gasteiger partial charge in [0, 0.05) is 0 Å². The molecule has 0 aliphatic carbocycles. The molecule has 8 nitrogen and oxygen atoms in total. The molecule has 0 atom stereocenters. The summed E-state index contributed by atoms with van der Waals surface area (Å²) in [6.07, 6.45) is 2.82. The summed E-state index contributed by atoms with van der Waals surface area (Å²) in [5.74, 6) is 0.251. The normalized spacial score (nSPS) is 10.7. The number of benzene rings is 2. The SMILES string of the molecule is COc1cc(C=NNC(=O)COc2ccc(C)cc2C)ccc1OC(=O)c1ccco1. The standard InChI is InChI=1S/C23H22N2O6/c1-15-6-8-18(16(2)11-15)30-14-22(26)25-24-13-17-7-9-19(21(12-17)28-3)31-23(27)20-5-4-10-29-20/h4-13H,14H2,1-3H3,(H,25,26). The summed E-state index contributed by atoms with van der Waals surface area (Å²) < 4.78 is 21.1. The smallest absolute Gasteiger partial charge is 0.379 e. The molecule has 0 unspecified atom stereocenters. The molecule has 3 aromatic rings. The lowest BCUT2D eigenvalue weighted by Gasteiger charge is -2.09. The number of amides is 1. The second-order valence-electron chi connectivity index (χ2n) is 6.63. The van der Waals surface area contributed by atoms with E-state index in [1.54, 1.807) is 24.3 Å². The van der Waals surface area contributed by atoms with Gasteiger partial charge in [0.1, 0.15) is 5.75 Å². The molecule has 0 bridgehead atoms. The van der Waals surface area contributed by atoms with E-state index in [1.165, 1.54) is 25.7 Å². The van der Waals surface area contributed by atoms with E-state index in [1.807, 2.05) is 32.0 Å². The summed E-state index contributed by atoms with van der Waals surface area (Å²) in [6, 6.07) is 13.7. The Balaban J connectivity index is 1.55. The van der Waals surface area contributed by atoms with Crippen LogP contribution in [0.1, 0.15) is 27.2 Å². The molecule has 0 fully saturated rings. The molecule has 1 N–H and O–H groups in total. The molecule has 0 radical (unpaired) electrons. The fourth-order valence-corrected chi connectivity index (χ4v) is 2.71. The maximum atomic E-state index is 12.0. The Labute approximate surface area is 179 Å². The molecule has 1 aromatic heterocycles. The third kappa shape index (κ3) is 5.96. The lowest BCUT2D eigenvalue weighted by molar-refractivity contribution is -0.123. The second-order valence-corrected chi connectivity index (χ2v) is 6.63. The van der Waals surface area contributed by atoms with Crippen LogP contribution < -0.4 is 19.6 Å². The Bertz CT molecular complexity index is 1090. The predicted molar refractivity (Wildman–Crippen MR) is 114 cm³/mol. The minimum Gasteiger partial charge on any atom is -0.493 e. The van der Waals surface area contributed by atoms with Gasteiger partial charge in [0.2, 0.25) is 5.76 Å². The van der Waals surface area contributed by atoms with Gasteiger partial charge >= 0.3 is 5.97 Å². The number of hydrazone groups is 1. The molecule has 31 heavy (non-hydrogen) atoms. The first-order valence-corrected chi connectivity index (χ1v) is 9.42. The summed E-state index contributed by atoms with van der Waals surface area (Å²) in [6.45, 7) is 3.75. The van der Waals surface area contributed by atoms with Crippen LogP contribution in [0.25, 0.3) is 0 Å². The molecular formula is C23H22N2O6. The average Bonchev–Trinajstić information content (AvgIpc) is 3.29. The monoisotopic (exact) mass is 422 g/mol. The number of hydrogen-bond donors (Lipinski definition) is 1.